The van der Waals surface area contributed by atoms with E-state index in [0.29, 0.717) is 39.0 Å². The SMILES string of the molecule is O=S1(=O)CCN(C2CCN(S(=O)(=O)c3cccc(F)c3)CC2)CC1. The quantitative estimate of drug-likeness (QED) is 0.777. The molecule has 0 atom stereocenters. The van der Waals surface area contributed by atoms with Gasteiger partial charge in [-0.15, -0.1) is 0 Å². The topological polar surface area (TPSA) is 74.8 Å². The van der Waals surface area contributed by atoms with Crippen molar-refractivity contribution in [2.24, 2.45) is 0 Å². The molecular formula is C15H21FN2O4S2. The fraction of sp³-hybridized carbons (Fsp3) is 0.600. The zero-order valence-corrected chi connectivity index (χ0v) is 14.9. The Morgan fingerprint density at radius 3 is 2.25 bits per heavy atom. The van der Waals surface area contributed by atoms with Crippen LogP contribution in [0.2, 0.25) is 0 Å². The molecule has 1 aromatic carbocycles. The van der Waals surface area contributed by atoms with Gasteiger partial charge in [0.1, 0.15) is 5.82 Å². The van der Waals surface area contributed by atoms with E-state index in [0.717, 1.165) is 6.07 Å². The lowest BCUT2D eigenvalue weighted by Gasteiger charge is -2.39. The predicted octanol–water partition coefficient (Wildman–Crippen LogP) is 0.709. The molecular weight excluding hydrogens is 355 g/mol. The molecule has 2 aliphatic rings. The largest absolute Gasteiger partial charge is 0.298 e. The van der Waals surface area contributed by atoms with Crippen molar-refractivity contribution in [3.63, 3.8) is 0 Å². The summed E-state index contributed by atoms with van der Waals surface area (Å²) in [5, 5.41) is 0. The van der Waals surface area contributed by atoms with Crippen molar-refractivity contribution in [3.8, 4) is 0 Å². The van der Waals surface area contributed by atoms with Gasteiger partial charge >= 0.3 is 0 Å². The molecule has 0 aliphatic carbocycles. The van der Waals surface area contributed by atoms with Gasteiger partial charge in [-0.2, -0.15) is 4.31 Å². The Kier molecular flexibility index (Phi) is 4.96. The van der Waals surface area contributed by atoms with Gasteiger partial charge in [-0.1, -0.05) is 6.07 Å². The normalized spacial score (nSPS) is 24.0. The smallest absolute Gasteiger partial charge is 0.243 e. The third-order valence-corrected chi connectivity index (χ3v) is 8.26. The molecule has 0 aromatic heterocycles. The van der Waals surface area contributed by atoms with Crippen LogP contribution in [0.25, 0.3) is 0 Å². The predicted molar refractivity (Wildman–Crippen MR) is 88.4 cm³/mol. The highest BCUT2D eigenvalue weighted by atomic mass is 32.2. The molecule has 0 N–H and O–H groups in total. The molecule has 134 valence electrons. The van der Waals surface area contributed by atoms with Gasteiger partial charge in [0.2, 0.25) is 10.0 Å². The fourth-order valence-electron chi connectivity index (χ4n) is 3.32. The number of sulfone groups is 1. The third kappa shape index (κ3) is 3.79. The molecule has 0 saturated carbocycles. The van der Waals surface area contributed by atoms with Crippen molar-refractivity contribution in [1.29, 1.82) is 0 Å². The molecule has 0 amide bonds. The minimum absolute atomic E-state index is 0.0231. The Balaban J connectivity index is 1.63. The maximum Gasteiger partial charge on any atom is 0.243 e. The Morgan fingerprint density at radius 2 is 1.67 bits per heavy atom. The van der Waals surface area contributed by atoms with E-state index in [1.54, 1.807) is 0 Å². The molecule has 0 bridgehead atoms. The molecule has 2 saturated heterocycles. The van der Waals surface area contributed by atoms with Crippen LogP contribution < -0.4 is 0 Å². The van der Waals surface area contributed by atoms with Crippen molar-refractivity contribution in [2.75, 3.05) is 37.7 Å². The minimum Gasteiger partial charge on any atom is -0.298 e. The standard InChI is InChI=1S/C15H21FN2O4S2/c16-13-2-1-3-15(12-13)24(21,22)18-6-4-14(5-7-18)17-8-10-23(19,20)11-9-17/h1-3,12,14H,4-11H2. The summed E-state index contributed by atoms with van der Waals surface area (Å²) < 4.78 is 62.8. The molecule has 2 fully saturated rings. The Labute approximate surface area is 142 Å². The number of hydrogen-bond donors (Lipinski definition) is 0. The summed E-state index contributed by atoms with van der Waals surface area (Å²) in [4.78, 5) is 2.12. The number of hydrogen-bond acceptors (Lipinski definition) is 5. The van der Waals surface area contributed by atoms with E-state index in [4.69, 9.17) is 0 Å². The average Bonchev–Trinajstić information content (AvgIpc) is 2.55. The van der Waals surface area contributed by atoms with Gasteiger partial charge in [0.25, 0.3) is 0 Å². The molecule has 0 radical (unpaired) electrons. The van der Waals surface area contributed by atoms with Crippen LogP contribution in [0.15, 0.2) is 29.2 Å². The first-order valence-corrected chi connectivity index (χ1v) is 11.2. The van der Waals surface area contributed by atoms with Gasteiger partial charge in [0.15, 0.2) is 9.84 Å². The van der Waals surface area contributed by atoms with E-state index in [-0.39, 0.29) is 22.4 Å². The number of benzene rings is 1. The molecule has 6 nitrogen and oxygen atoms in total. The van der Waals surface area contributed by atoms with Crippen molar-refractivity contribution in [2.45, 2.75) is 23.8 Å². The highest BCUT2D eigenvalue weighted by molar-refractivity contribution is 7.91. The van der Waals surface area contributed by atoms with E-state index < -0.39 is 25.7 Å². The van der Waals surface area contributed by atoms with Crippen LogP contribution in [-0.4, -0.2) is 69.8 Å². The summed E-state index contributed by atoms with van der Waals surface area (Å²) in [7, 11) is -6.59. The summed E-state index contributed by atoms with van der Waals surface area (Å²) in [6, 6.07) is 5.26. The number of piperidine rings is 1. The number of halogens is 1. The Bertz CT molecular complexity index is 789. The first kappa shape index (κ1) is 17.8. The van der Waals surface area contributed by atoms with Crippen LogP contribution in [0.1, 0.15) is 12.8 Å². The summed E-state index contributed by atoms with van der Waals surface area (Å²) >= 11 is 0. The van der Waals surface area contributed by atoms with Gasteiger partial charge in [0, 0.05) is 32.2 Å². The maximum absolute atomic E-state index is 13.3. The van der Waals surface area contributed by atoms with E-state index in [9.17, 15) is 21.2 Å². The molecule has 2 aliphatic heterocycles. The summed E-state index contributed by atoms with van der Waals surface area (Å²) in [6.07, 6.45) is 1.32. The van der Waals surface area contributed by atoms with Gasteiger partial charge in [0.05, 0.1) is 16.4 Å². The number of rotatable bonds is 3. The van der Waals surface area contributed by atoms with Crippen LogP contribution in [-0.2, 0) is 19.9 Å². The molecule has 0 spiro atoms. The third-order valence-electron chi connectivity index (χ3n) is 4.75. The summed E-state index contributed by atoms with van der Waals surface area (Å²) in [5.74, 6) is -0.218. The zero-order valence-electron chi connectivity index (χ0n) is 13.3. The lowest BCUT2D eigenvalue weighted by Crippen LogP contribution is -2.51. The lowest BCUT2D eigenvalue weighted by atomic mass is 10.0. The second-order valence-corrected chi connectivity index (χ2v) is 10.5. The van der Waals surface area contributed by atoms with Crippen molar-refractivity contribution in [3.05, 3.63) is 30.1 Å². The van der Waals surface area contributed by atoms with Gasteiger partial charge in [-0.3, -0.25) is 4.90 Å². The van der Waals surface area contributed by atoms with Crippen LogP contribution in [0.3, 0.4) is 0 Å². The number of nitrogens with zero attached hydrogens (tertiary/aromatic N) is 2. The van der Waals surface area contributed by atoms with Crippen LogP contribution in [0.5, 0.6) is 0 Å². The lowest BCUT2D eigenvalue weighted by molar-refractivity contribution is 0.149. The van der Waals surface area contributed by atoms with Crippen molar-refractivity contribution in [1.82, 2.24) is 9.21 Å². The molecule has 9 heteroatoms. The molecule has 2 heterocycles. The second-order valence-electron chi connectivity index (χ2n) is 6.28. The van der Waals surface area contributed by atoms with Gasteiger partial charge in [-0.25, -0.2) is 21.2 Å². The monoisotopic (exact) mass is 376 g/mol. The fourth-order valence-corrected chi connectivity index (χ4v) is 6.05. The highest BCUT2D eigenvalue weighted by Crippen LogP contribution is 2.24. The maximum atomic E-state index is 13.3. The van der Waals surface area contributed by atoms with E-state index in [2.05, 4.69) is 4.90 Å². The number of sulfonamides is 1. The molecule has 24 heavy (non-hydrogen) atoms. The van der Waals surface area contributed by atoms with E-state index in [1.807, 2.05) is 0 Å². The van der Waals surface area contributed by atoms with Gasteiger partial charge < -0.3 is 0 Å². The Morgan fingerprint density at radius 1 is 1.04 bits per heavy atom. The minimum atomic E-state index is -3.68. The zero-order chi connectivity index (χ0) is 17.4. The second kappa shape index (κ2) is 6.70. The van der Waals surface area contributed by atoms with Gasteiger partial charge in [-0.05, 0) is 31.0 Å². The average molecular weight is 376 g/mol. The first-order chi connectivity index (χ1) is 11.3. The van der Waals surface area contributed by atoms with E-state index in [1.165, 1.54) is 22.5 Å². The molecule has 0 unspecified atom stereocenters. The van der Waals surface area contributed by atoms with Crippen LogP contribution >= 0.6 is 0 Å². The van der Waals surface area contributed by atoms with Crippen LogP contribution in [0, 0.1) is 5.82 Å². The van der Waals surface area contributed by atoms with E-state index >= 15 is 0 Å². The van der Waals surface area contributed by atoms with Crippen LogP contribution in [0.4, 0.5) is 4.39 Å². The Hall–Kier alpha value is -1.03. The molecule has 1 aromatic rings. The first-order valence-electron chi connectivity index (χ1n) is 7.98. The molecule has 3 rings (SSSR count). The van der Waals surface area contributed by atoms with Crippen molar-refractivity contribution < 1.29 is 21.2 Å². The van der Waals surface area contributed by atoms with Crippen molar-refractivity contribution >= 4 is 19.9 Å². The summed E-state index contributed by atoms with van der Waals surface area (Å²) in [5.41, 5.74) is 0. The summed E-state index contributed by atoms with van der Waals surface area (Å²) in [6.45, 7) is 1.77. The highest BCUT2D eigenvalue weighted by Gasteiger charge is 2.33.